The van der Waals surface area contributed by atoms with Gasteiger partial charge in [-0.2, -0.15) is 0 Å². The Labute approximate surface area is 148 Å². The van der Waals surface area contributed by atoms with Crippen molar-refractivity contribution in [2.75, 3.05) is 11.9 Å². The minimum Gasteiger partial charge on any atom is -0.326 e. The molecule has 2 amide bonds. The summed E-state index contributed by atoms with van der Waals surface area (Å²) in [6, 6.07) is 15.0. The molecule has 0 saturated carbocycles. The quantitative estimate of drug-likeness (QED) is 0.344. The molecule has 0 fully saturated rings. The number of nitrogens with one attached hydrogen (secondary N) is 3. The normalized spacial score (nSPS) is 11.6. The zero-order chi connectivity index (χ0) is 17.5. The molecule has 6 nitrogen and oxygen atoms in total. The number of anilines is 1. The molecular weight excluding hydrogens is 372 g/mol. The summed E-state index contributed by atoms with van der Waals surface area (Å²) in [5, 5.41) is 6.01. The summed E-state index contributed by atoms with van der Waals surface area (Å²) < 4.78 is 0.873. The van der Waals surface area contributed by atoms with Crippen LogP contribution in [0.2, 0.25) is 0 Å². The van der Waals surface area contributed by atoms with Crippen molar-refractivity contribution in [3.63, 3.8) is 0 Å². The fourth-order valence-electron chi connectivity index (χ4n) is 2.37. The van der Waals surface area contributed by atoms with Crippen LogP contribution >= 0.6 is 15.9 Å². The molecule has 0 aliphatic heterocycles. The molecule has 0 radical (unpaired) electrons. The van der Waals surface area contributed by atoms with Crippen LogP contribution in [0.3, 0.4) is 0 Å². The fraction of sp³-hybridized carbons (Fsp3) is 0.176. The van der Waals surface area contributed by atoms with Gasteiger partial charge in [0.2, 0.25) is 11.8 Å². The van der Waals surface area contributed by atoms with Crippen molar-refractivity contribution in [1.82, 2.24) is 10.7 Å². The van der Waals surface area contributed by atoms with Crippen LogP contribution in [-0.2, 0) is 9.59 Å². The average Bonchev–Trinajstić information content (AvgIpc) is 2.57. The van der Waals surface area contributed by atoms with Crippen molar-refractivity contribution < 1.29 is 9.59 Å². The molecule has 0 aromatic heterocycles. The fourth-order valence-corrected chi connectivity index (χ4v) is 2.75. The van der Waals surface area contributed by atoms with E-state index in [9.17, 15) is 9.59 Å². The highest BCUT2D eigenvalue weighted by molar-refractivity contribution is 9.10. The van der Waals surface area contributed by atoms with Crippen LogP contribution in [-0.4, -0.2) is 18.4 Å². The average molecular weight is 391 g/mol. The standard InChI is InChI=1S/C17H19BrN4O2/c1-11(23)21-15-8-7-13(18)9-14(15)17(20-10-16(24)22-19)12-5-3-2-4-6-12/h2-9,17,20H,10,19H2,1H3,(H,21,23)(H,22,24). The molecule has 0 aliphatic carbocycles. The number of hydrogen-bond donors (Lipinski definition) is 4. The number of hydrazine groups is 1. The molecule has 2 rings (SSSR count). The van der Waals surface area contributed by atoms with E-state index in [2.05, 4.69) is 32.0 Å². The lowest BCUT2D eigenvalue weighted by molar-refractivity contribution is -0.120. The van der Waals surface area contributed by atoms with Gasteiger partial charge in [0.05, 0.1) is 12.6 Å². The van der Waals surface area contributed by atoms with Gasteiger partial charge in [-0.3, -0.25) is 20.3 Å². The summed E-state index contributed by atoms with van der Waals surface area (Å²) in [5.74, 6) is 4.66. The van der Waals surface area contributed by atoms with Gasteiger partial charge in [0.15, 0.2) is 0 Å². The number of benzene rings is 2. The first-order valence-corrected chi connectivity index (χ1v) is 8.15. The molecule has 5 N–H and O–H groups in total. The lowest BCUT2D eigenvalue weighted by Gasteiger charge is -2.22. The predicted octanol–water partition coefficient (Wildman–Crippen LogP) is 2.08. The van der Waals surface area contributed by atoms with Crippen LogP contribution in [0.1, 0.15) is 24.1 Å². The zero-order valence-electron chi connectivity index (χ0n) is 13.2. The molecule has 1 unspecified atom stereocenters. The Hall–Kier alpha value is -2.22. The SMILES string of the molecule is CC(=O)Nc1ccc(Br)cc1C(NCC(=O)NN)c1ccccc1. The van der Waals surface area contributed by atoms with E-state index in [0.29, 0.717) is 5.69 Å². The van der Waals surface area contributed by atoms with Gasteiger partial charge in [0.1, 0.15) is 0 Å². The van der Waals surface area contributed by atoms with Gasteiger partial charge in [0, 0.05) is 17.1 Å². The summed E-state index contributed by atoms with van der Waals surface area (Å²) in [6.45, 7) is 1.50. The molecule has 126 valence electrons. The molecule has 7 heteroatoms. The molecule has 24 heavy (non-hydrogen) atoms. The van der Waals surface area contributed by atoms with Gasteiger partial charge in [0.25, 0.3) is 0 Å². The Bertz CT molecular complexity index is 722. The molecule has 0 spiro atoms. The number of rotatable bonds is 6. The molecule has 2 aromatic carbocycles. The van der Waals surface area contributed by atoms with Crippen molar-refractivity contribution in [3.05, 3.63) is 64.1 Å². The van der Waals surface area contributed by atoms with Crippen LogP contribution in [0.25, 0.3) is 0 Å². The van der Waals surface area contributed by atoms with E-state index in [1.165, 1.54) is 6.92 Å². The number of amides is 2. The monoisotopic (exact) mass is 390 g/mol. The zero-order valence-corrected chi connectivity index (χ0v) is 14.8. The summed E-state index contributed by atoms with van der Waals surface area (Å²) >= 11 is 3.46. The van der Waals surface area contributed by atoms with Crippen LogP contribution in [0, 0.1) is 0 Å². The lowest BCUT2D eigenvalue weighted by atomic mass is 9.97. The summed E-state index contributed by atoms with van der Waals surface area (Å²) in [4.78, 5) is 23.0. The van der Waals surface area contributed by atoms with Gasteiger partial charge in [-0.25, -0.2) is 5.84 Å². The number of carbonyl (C=O) groups is 2. The third-order valence-corrected chi connectivity index (χ3v) is 3.89. The van der Waals surface area contributed by atoms with Gasteiger partial charge in [-0.1, -0.05) is 46.3 Å². The minimum atomic E-state index is -0.327. The van der Waals surface area contributed by atoms with E-state index in [0.717, 1.165) is 15.6 Å². The Kier molecular flexibility index (Phi) is 6.48. The summed E-state index contributed by atoms with van der Waals surface area (Å²) in [7, 11) is 0. The largest absolute Gasteiger partial charge is 0.326 e. The highest BCUT2D eigenvalue weighted by atomic mass is 79.9. The highest BCUT2D eigenvalue weighted by Crippen LogP contribution is 2.31. The molecular formula is C17H19BrN4O2. The van der Waals surface area contributed by atoms with E-state index in [-0.39, 0.29) is 24.4 Å². The number of nitrogens with two attached hydrogens (primary N) is 1. The van der Waals surface area contributed by atoms with Crippen molar-refractivity contribution >= 4 is 33.4 Å². The summed E-state index contributed by atoms with van der Waals surface area (Å²) in [6.07, 6.45) is 0. The number of halogens is 1. The molecule has 2 aromatic rings. The van der Waals surface area contributed by atoms with Gasteiger partial charge in [-0.05, 0) is 29.3 Å². The second-order valence-electron chi connectivity index (χ2n) is 5.20. The Morgan fingerprint density at radius 3 is 2.50 bits per heavy atom. The maximum atomic E-state index is 11.5. The highest BCUT2D eigenvalue weighted by Gasteiger charge is 2.19. The van der Waals surface area contributed by atoms with Crippen molar-refractivity contribution in [2.24, 2.45) is 5.84 Å². The Morgan fingerprint density at radius 1 is 1.17 bits per heavy atom. The van der Waals surface area contributed by atoms with E-state index < -0.39 is 0 Å². The summed E-state index contributed by atoms with van der Waals surface area (Å²) in [5.41, 5.74) is 4.59. The molecule has 0 bridgehead atoms. The van der Waals surface area contributed by atoms with Crippen molar-refractivity contribution in [2.45, 2.75) is 13.0 Å². The Balaban J connectivity index is 2.44. The van der Waals surface area contributed by atoms with E-state index in [4.69, 9.17) is 5.84 Å². The van der Waals surface area contributed by atoms with Crippen LogP contribution in [0.5, 0.6) is 0 Å². The molecule has 0 saturated heterocycles. The van der Waals surface area contributed by atoms with Crippen molar-refractivity contribution in [3.8, 4) is 0 Å². The topological polar surface area (TPSA) is 96.2 Å². The first-order valence-electron chi connectivity index (χ1n) is 7.36. The van der Waals surface area contributed by atoms with E-state index in [1.54, 1.807) is 0 Å². The van der Waals surface area contributed by atoms with Gasteiger partial charge >= 0.3 is 0 Å². The van der Waals surface area contributed by atoms with E-state index in [1.807, 2.05) is 48.5 Å². The lowest BCUT2D eigenvalue weighted by Crippen LogP contribution is -2.39. The number of carbonyl (C=O) groups excluding carboxylic acids is 2. The third-order valence-electron chi connectivity index (χ3n) is 3.40. The Morgan fingerprint density at radius 2 is 1.88 bits per heavy atom. The van der Waals surface area contributed by atoms with E-state index >= 15 is 0 Å². The number of hydrogen-bond acceptors (Lipinski definition) is 4. The minimum absolute atomic E-state index is 0.0437. The first-order chi connectivity index (χ1) is 11.5. The van der Waals surface area contributed by atoms with Gasteiger partial charge in [-0.15, -0.1) is 0 Å². The molecule has 1 atom stereocenters. The molecule has 0 heterocycles. The van der Waals surface area contributed by atoms with Crippen LogP contribution in [0.4, 0.5) is 5.69 Å². The predicted molar refractivity (Wildman–Crippen MR) is 97.1 cm³/mol. The van der Waals surface area contributed by atoms with Crippen LogP contribution in [0.15, 0.2) is 53.0 Å². The maximum absolute atomic E-state index is 11.5. The van der Waals surface area contributed by atoms with Crippen molar-refractivity contribution in [1.29, 1.82) is 0 Å². The second kappa shape index (κ2) is 8.58. The van der Waals surface area contributed by atoms with Gasteiger partial charge < -0.3 is 5.32 Å². The third kappa shape index (κ3) is 4.89. The first kappa shape index (κ1) is 18.1. The smallest absolute Gasteiger partial charge is 0.247 e. The molecule has 0 aliphatic rings. The maximum Gasteiger partial charge on any atom is 0.247 e. The van der Waals surface area contributed by atoms with Crippen LogP contribution < -0.4 is 21.9 Å². The second-order valence-corrected chi connectivity index (χ2v) is 6.12.